The highest BCUT2D eigenvalue weighted by Gasteiger charge is 2.29. The Kier molecular flexibility index (Phi) is 3.22. The molecule has 5 heteroatoms. The fraction of sp³-hybridized carbons (Fsp3) is 0.333. The van der Waals surface area contributed by atoms with E-state index in [1.807, 2.05) is 7.05 Å². The van der Waals surface area contributed by atoms with Gasteiger partial charge in [0.25, 0.3) is 0 Å². The summed E-state index contributed by atoms with van der Waals surface area (Å²) in [5, 5.41) is 12.3. The largest absolute Gasteiger partial charge is 0.508 e. The van der Waals surface area contributed by atoms with Crippen LogP contribution < -0.4 is 5.32 Å². The second-order valence-electron chi connectivity index (χ2n) is 4.04. The molecule has 0 amide bonds. The lowest BCUT2D eigenvalue weighted by Gasteiger charge is -2.03. The van der Waals surface area contributed by atoms with Crippen molar-refractivity contribution in [1.82, 2.24) is 5.32 Å². The molecule has 0 spiro atoms. The van der Waals surface area contributed by atoms with E-state index in [0.29, 0.717) is 16.9 Å². The molecule has 0 saturated carbocycles. The minimum absolute atomic E-state index is 0.0165. The molecule has 0 fully saturated rings. The van der Waals surface area contributed by atoms with Gasteiger partial charge in [-0.25, -0.2) is 8.42 Å². The average molecular weight is 253 g/mol. The molecule has 92 valence electrons. The molecule has 0 aliphatic carbocycles. The van der Waals surface area contributed by atoms with Crippen LogP contribution in [-0.4, -0.2) is 27.1 Å². The molecule has 0 aromatic heterocycles. The molecule has 1 heterocycles. The van der Waals surface area contributed by atoms with Gasteiger partial charge in [0.2, 0.25) is 9.84 Å². The fourth-order valence-corrected chi connectivity index (χ4v) is 3.60. The number of aromatic hydroxyl groups is 1. The van der Waals surface area contributed by atoms with Gasteiger partial charge in [0.1, 0.15) is 5.75 Å². The number of phenolic OH excluding ortho intramolecular Hbond substituents is 1. The van der Waals surface area contributed by atoms with E-state index in [9.17, 15) is 13.5 Å². The Morgan fingerprint density at radius 3 is 2.82 bits per heavy atom. The summed E-state index contributed by atoms with van der Waals surface area (Å²) in [5.74, 6) is -0.0165. The lowest BCUT2D eigenvalue weighted by molar-refractivity contribution is 0.473. The number of fused-ring (bicyclic) bond motifs is 1. The normalized spacial score (nSPS) is 16.6. The summed E-state index contributed by atoms with van der Waals surface area (Å²) in [6, 6.07) is 4.45. The Labute approximate surface area is 101 Å². The molecule has 1 aliphatic heterocycles. The van der Waals surface area contributed by atoms with Gasteiger partial charge in [-0.05, 0) is 56.3 Å². The van der Waals surface area contributed by atoms with E-state index >= 15 is 0 Å². The summed E-state index contributed by atoms with van der Waals surface area (Å²) in [7, 11) is -1.54. The summed E-state index contributed by atoms with van der Waals surface area (Å²) in [6.45, 7) is 0.786. The third kappa shape index (κ3) is 2.21. The van der Waals surface area contributed by atoms with Crippen LogP contribution in [0.15, 0.2) is 28.0 Å². The molecule has 0 unspecified atom stereocenters. The SMILES string of the molecule is CNCCCC1=Cc2ccc(O)cc2S1(=O)=O. The molecule has 0 saturated heterocycles. The average Bonchev–Trinajstić information content (AvgIpc) is 2.52. The molecule has 4 nitrogen and oxygen atoms in total. The fourth-order valence-electron chi connectivity index (χ4n) is 1.91. The highest BCUT2D eigenvalue weighted by Crippen LogP contribution is 2.36. The second kappa shape index (κ2) is 4.50. The lowest BCUT2D eigenvalue weighted by atomic mass is 10.2. The van der Waals surface area contributed by atoms with E-state index < -0.39 is 9.84 Å². The summed E-state index contributed by atoms with van der Waals surface area (Å²) in [6.07, 6.45) is 3.00. The predicted molar refractivity (Wildman–Crippen MR) is 66.4 cm³/mol. The second-order valence-corrected chi connectivity index (χ2v) is 6.01. The zero-order valence-corrected chi connectivity index (χ0v) is 10.4. The first-order chi connectivity index (χ1) is 8.05. The number of rotatable bonds is 4. The van der Waals surface area contributed by atoms with Gasteiger partial charge in [0.05, 0.1) is 4.90 Å². The van der Waals surface area contributed by atoms with Crippen LogP contribution in [0, 0.1) is 0 Å². The maximum Gasteiger partial charge on any atom is 0.203 e. The van der Waals surface area contributed by atoms with Gasteiger partial charge in [0, 0.05) is 4.91 Å². The number of benzene rings is 1. The zero-order chi connectivity index (χ0) is 12.5. The van der Waals surface area contributed by atoms with Crippen LogP contribution in [-0.2, 0) is 9.84 Å². The van der Waals surface area contributed by atoms with E-state index in [-0.39, 0.29) is 10.6 Å². The minimum Gasteiger partial charge on any atom is -0.508 e. The third-order valence-corrected chi connectivity index (χ3v) is 4.74. The zero-order valence-electron chi connectivity index (χ0n) is 9.60. The first-order valence-electron chi connectivity index (χ1n) is 5.49. The standard InChI is InChI=1S/C12H15NO3S/c1-13-6-2-3-11-7-9-4-5-10(14)8-12(9)17(11,15)16/h4-5,7-8,13-14H,2-3,6H2,1H3. The first-order valence-corrected chi connectivity index (χ1v) is 6.97. The van der Waals surface area contributed by atoms with Gasteiger partial charge in [0.15, 0.2) is 0 Å². The number of hydrogen-bond donors (Lipinski definition) is 2. The maximum atomic E-state index is 12.1. The minimum atomic E-state index is -3.38. The van der Waals surface area contributed by atoms with Crippen molar-refractivity contribution in [1.29, 1.82) is 0 Å². The monoisotopic (exact) mass is 253 g/mol. The van der Waals surface area contributed by atoms with Crippen molar-refractivity contribution in [3.8, 4) is 5.75 Å². The molecule has 1 aliphatic rings. The van der Waals surface area contributed by atoms with E-state index in [2.05, 4.69) is 5.32 Å². The molecular formula is C12H15NO3S. The number of sulfone groups is 1. The van der Waals surface area contributed by atoms with Crippen LogP contribution in [0.1, 0.15) is 18.4 Å². The van der Waals surface area contributed by atoms with Crippen molar-refractivity contribution in [3.05, 3.63) is 28.7 Å². The number of hydrogen-bond acceptors (Lipinski definition) is 4. The Morgan fingerprint density at radius 1 is 1.35 bits per heavy atom. The molecule has 1 aromatic carbocycles. The van der Waals surface area contributed by atoms with Gasteiger partial charge >= 0.3 is 0 Å². The van der Waals surface area contributed by atoms with Crippen LogP contribution in [0.3, 0.4) is 0 Å². The molecule has 17 heavy (non-hydrogen) atoms. The highest BCUT2D eigenvalue weighted by molar-refractivity contribution is 7.95. The summed E-state index contributed by atoms with van der Waals surface area (Å²) in [4.78, 5) is 0.658. The number of allylic oxidation sites excluding steroid dienone is 1. The van der Waals surface area contributed by atoms with Crippen molar-refractivity contribution in [2.24, 2.45) is 0 Å². The predicted octanol–water partition coefficient (Wildman–Crippen LogP) is 1.52. The van der Waals surface area contributed by atoms with Crippen molar-refractivity contribution in [2.45, 2.75) is 17.7 Å². The molecule has 2 rings (SSSR count). The Morgan fingerprint density at radius 2 is 2.12 bits per heavy atom. The Hall–Kier alpha value is -1.33. The van der Waals surface area contributed by atoms with Crippen LogP contribution in [0.4, 0.5) is 0 Å². The topological polar surface area (TPSA) is 66.4 Å². The highest BCUT2D eigenvalue weighted by atomic mass is 32.2. The van der Waals surface area contributed by atoms with Crippen LogP contribution in [0.5, 0.6) is 5.75 Å². The van der Waals surface area contributed by atoms with Gasteiger partial charge in [-0.3, -0.25) is 0 Å². The van der Waals surface area contributed by atoms with E-state index in [1.54, 1.807) is 12.1 Å². The van der Waals surface area contributed by atoms with Gasteiger partial charge in [-0.1, -0.05) is 0 Å². The van der Waals surface area contributed by atoms with Crippen molar-refractivity contribution >= 4 is 15.9 Å². The Bertz CT molecular complexity index is 561. The van der Waals surface area contributed by atoms with E-state index in [1.165, 1.54) is 12.1 Å². The molecule has 0 atom stereocenters. The van der Waals surface area contributed by atoms with E-state index in [0.717, 1.165) is 13.0 Å². The molecule has 1 aromatic rings. The first kappa shape index (κ1) is 12.1. The van der Waals surface area contributed by atoms with Crippen molar-refractivity contribution < 1.29 is 13.5 Å². The molecule has 2 N–H and O–H groups in total. The van der Waals surface area contributed by atoms with Crippen LogP contribution in [0.25, 0.3) is 6.08 Å². The van der Waals surface area contributed by atoms with Crippen molar-refractivity contribution in [2.75, 3.05) is 13.6 Å². The number of phenols is 1. The molecular weight excluding hydrogens is 238 g/mol. The maximum absolute atomic E-state index is 12.1. The summed E-state index contributed by atoms with van der Waals surface area (Å²) < 4.78 is 24.3. The summed E-state index contributed by atoms with van der Waals surface area (Å²) >= 11 is 0. The van der Waals surface area contributed by atoms with Crippen LogP contribution >= 0.6 is 0 Å². The lowest BCUT2D eigenvalue weighted by Crippen LogP contribution is -2.09. The number of nitrogens with one attached hydrogen (secondary N) is 1. The third-order valence-electron chi connectivity index (χ3n) is 2.80. The molecule has 0 bridgehead atoms. The smallest absolute Gasteiger partial charge is 0.203 e. The van der Waals surface area contributed by atoms with E-state index in [4.69, 9.17) is 0 Å². The Balaban J connectivity index is 2.30. The summed E-state index contributed by atoms with van der Waals surface area (Å²) in [5.41, 5.74) is 0.669. The quantitative estimate of drug-likeness (QED) is 0.798. The molecule has 0 radical (unpaired) electrons. The van der Waals surface area contributed by atoms with Gasteiger partial charge in [-0.15, -0.1) is 0 Å². The van der Waals surface area contributed by atoms with Gasteiger partial charge in [-0.2, -0.15) is 0 Å². The van der Waals surface area contributed by atoms with Gasteiger partial charge < -0.3 is 10.4 Å². The van der Waals surface area contributed by atoms with Crippen LogP contribution in [0.2, 0.25) is 0 Å². The van der Waals surface area contributed by atoms with Crippen molar-refractivity contribution in [3.63, 3.8) is 0 Å².